The Kier molecular flexibility index (Phi) is 5.46. The highest BCUT2D eigenvalue weighted by Crippen LogP contribution is 2.33. The Morgan fingerprint density at radius 1 is 1.07 bits per heavy atom. The minimum atomic E-state index is -0.554. The number of benzene rings is 2. The lowest BCUT2D eigenvalue weighted by Crippen LogP contribution is -2.54. The van der Waals surface area contributed by atoms with Crippen LogP contribution in [-0.2, 0) is 9.59 Å². The zero-order chi connectivity index (χ0) is 20.4. The predicted molar refractivity (Wildman–Crippen MR) is 112 cm³/mol. The van der Waals surface area contributed by atoms with E-state index in [9.17, 15) is 9.59 Å². The maximum atomic E-state index is 13.2. The number of carbonyl (C=O) groups excluding carboxylic acids is 2. The molecule has 28 heavy (non-hydrogen) atoms. The SMILES string of the molecule is COc1cccc(/C=C2\C(=O)NC(=S)N(c3cc(C)ccc3C)C2=O)c1OC. The molecule has 0 unspecified atom stereocenters. The van der Waals surface area contributed by atoms with E-state index in [1.165, 1.54) is 25.2 Å². The number of anilines is 1. The zero-order valence-electron chi connectivity index (χ0n) is 16.0. The van der Waals surface area contributed by atoms with Crippen molar-refractivity contribution >= 4 is 40.9 Å². The first-order chi connectivity index (χ1) is 13.4. The number of aryl methyl sites for hydroxylation is 2. The molecule has 1 N–H and O–H groups in total. The van der Waals surface area contributed by atoms with Crippen molar-refractivity contribution < 1.29 is 19.1 Å². The van der Waals surface area contributed by atoms with Crippen molar-refractivity contribution in [1.29, 1.82) is 0 Å². The summed E-state index contributed by atoms with van der Waals surface area (Å²) in [7, 11) is 3.02. The molecule has 1 aliphatic heterocycles. The summed E-state index contributed by atoms with van der Waals surface area (Å²) >= 11 is 5.27. The van der Waals surface area contributed by atoms with Crippen LogP contribution in [0.4, 0.5) is 5.69 Å². The van der Waals surface area contributed by atoms with Crippen LogP contribution in [-0.4, -0.2) is 31.1 Å². The van der Waals surface area contributed by atoms with E-state index in [-0.39, 0.29) is 10.7 Å². The summed E-state index contributed by atoms with van der Waals surface area (Å²) in [6, 6.07) is 11.0. The number of amides is 2. The van der Waals surface area contributed by atoms with Gasteiger partial charge in [0.1, 0.15) is 5.57 Å². The molecule has 2 amide bonds. The Labute approximate surface area is 168 Å². The fourth-order valence-electron chi connectivity index (χ4n) is 3.02. The number of hydrogen-bond acceptors (Lipinski definition) is 5. The number of ether oxygens (including phenoxy) is 2. The molecule has 0 radical (unpaired) electrons. The van der Waals surface area contributed by atoms with Gasteiger partial charge in [-0.2, -0.15) is 0 Å². The molecular formula is C21H20N2O4S. The number of nitrogens with zero attached hydrogens (tertiary/aromatic N) is 1. The molecule has 0 aromatic heterocycles. The maximum absolute atomic E-state index is 13.2. The van der Waals surface area contributed by atoms with Crippen molar-refractivity contribution in [2.75, 3.05) is 19.1 Å². The average molecular weight is 396 g/mol. The van der Waals surface area contributed by atoms with Crippen LogP contribution in [0.3, 0.4) is 0 Å². The summed E-state index contributed by atoms with van der Waals surface area (Å²) in [4.78, 5) is 27.1. The highest BCUT2D eigenvalue weighted by Gasteiger charge is 2.35. The lowest BCUT2D eigenvalue weighted by molar-refractivity contribution is -0.122. The first-order valence-corrected chi connectivity index (χ1v) is 8.98. The third-order valence-corrected chi connectivity index (χ3v) is 4.73. The van der Waals surface area contributed by atoms with E-state index in [0.717, 1.165) is 11.1 Å². The minimum Gasteiger partial charge on any atom is -0.493 e. The molecule has 1 fully saturated rings. The van der Waals surface area contributed by atoms with Crippen LogP contribution in [0.1, 0.15) is 16.7 Å². The Morgan fingerprint density at radius 2 is 1.82 bits per heavy atom. The second-order valence-electron chi connectivity index (χ2n) is 6.33. The van der Waals surface area contributed by atoms with Crippen LogP contribution >= 0.6 is 12.2 Å². The largest absolute Gasteiger partial charge is 0.493 e. The highest BCUT2D eigenvalue weighted by molar-refractivity contribution is 7.80. The van der Waals surface area contributed by atoms with E-state index < -0.39 is 11.8 Å². The minimum absolute atomic E-state index is 0.0407. The lowest BCUT2D eigenvalue weighted by atomic mass is 10.0. The molecule has 1 saturated heterocycles. The molecule has 2 aromatic carbocycles. The fourth-order valence-corrected chi connectivity index (χ4v) is 3.29. The van der Waals surface area contributed by atoms with E-state index in [2.05, 4.69) is 5.32 Å². The monoisotopic (exact) mass is 396 g/mol. The van der Waals surface area contributed by atoms with Crippen molar-refractivity contribution in [1.82, 2.24) is 5.32 Å². The van der Waals surface area contributed by atoms with Crippen molar-refractivity contribution in [3.05, 3.63) is 58.7 Å². The van der Waals surface area contributed by atoms with Crippen molar-refractivity contribution in [2.45, 2.75) is 13.8 Å². The fraction of sp³-hybridized carbons (Fsp3) is 0.190. The summed E-state index contributed by atoms with van der Waals surface area (Å²) in [5.41, 5.74) is 3.00. The Hall–Kier alpha value is -3.19. The summed E-state index contributed by atoms with van der Waals surface area (Å²) in [5, 5.41) is 2.65. The van der Waals surface area contributed by atoms with Gasteiger partial charge >= 0.3 is 0 Å². The third-order valence-electron chi connectivity index (χ3n) is 4.44. The lowest BCUT2D eigenvalue weighted by Gasteiger charge is -2.30. The van der Waals surface area contributed by atoms with Crippen molar-refractivity contribution in [3.63, 3.8) is 0 Å². The zero-order valence-corrected chi connectivity index (χ0v) is 16.8. The molecular weight excluding hydrogens is 376 g/mol. The van der Waals surface area contributed by atoms with Gasteiger partial charge in [0.2, 0.25) is 0 Å². The first kappa shape index (κ1) is 19.6. The Balaban J connectivity index is 2.11. The number of nitrogens with one attached hydrogen (secondary N) is 1. The number of thiocarbonyl (C=S) groups is 1. The summed E-state index contributed by atoms with van der Waals surface area (Å²) < 4.78 is 10.7. The van der Waals surface area contributed by atoms with Gasteiger partial charge in [-0.25, -0.2) is 0 Å². The molecule has 6 nitrogen and oxygen atoms in total. The van der Waals surface area contributed by atoms with Crippen molar-refractivity contribution in [3.8, 4) is 11.5 Å². The van der Waals surface area contributed by atoms with Gasteiger partial charge in [-0.15, -0.1) is 0 Å². The number of methoxy groups -OCH3 is 2. The van der Waals surface area contributed by atoms with Gasteiger partial charge < -0.3 is 9.47 Å². The van der Waals surface area contributed by atoms with Gasteiger partial charge in [0.15, 0.2) is 16.6 Å². The molecule has 7 heteroatoms. The van der Waals surface area contributed by atoms with Crippen LogP contribution in [0, 0.1) is 13.8 Å². The topological polar surface area (TPSA) is 67.9 Å². The molecule has 0 saturated carbocycles. The second kappa shape index (κ2) is 7.82. The van der Waals surface area contributed by atoms with E-state index in [1.807, 2.05) is 32.0 Å². The molecule has 0 atom stereocenters. The molecule has 2 aromatic rings. The molecule has 1 aliphatic rings. The first-order valence-electron chi connectivity index (χ1n) is 8.57. The molecule has 144 valence electrons. The standard InChI is InChI=1S/C21H20N2O4S/c1-12-8-9-13(2)16(10-12)23-20(25)15(19(24)22-21(23)28)11-14-6-5-7-17(26-3)18(14)27-4/h5-11H,1-4H3,(H,22,24,28)/b15-11+. The molecule has 3 rings (SSSR count). The third kappa shape index (κ3) is 3.48. The average Bonchev–Trinajstić information content (AvgIpc) is 2.67. The van der Waals surface area contributed by atoms with E-state index in [0.29, 0.717) is 22.7 Å². The van der Waals surface area contributed by atoms with Crippen molar-refractivity contribution in [2.24, 2.45) is 0 Å². The molecule has 0 bridgehead atoms. The Morgan fingerprint density at radius 3 is 2.50 bits per heavy atom. The molecule has 0 spiro atoms. The number of rotatable bonds is 4. The summed E-state index contributed by atoms with van der Waals surface area (Å²) in [6.07, 6.45) is 1.49. The summed E-state index contributed by atoms with van der Waals surface area (Å²) in [5.74, 6) is -0.110. The van der Waals surface area contributed by atoms with Gasteiger partial charge in [-0.1, -0.05) is 24.3 Å². The predicted octanol–water partition coefficient (Wildman–Crippen LogP) is 3.15. The van der Waals surface area contributed by atoms with Gasteiger partial charge in [-0.05, 0) is 55.4 Å². The van der Waals surface area contributed by atoms with Crippen LogP contribution in [0.25, 0.3) is 6.08 Å². The second-order valence-corrected chi connectivity index (χ2v) is 6.72. The Bertz CT molecular complexity index is 1010. The van der Waals surface area contributed by atoms with E-state index in [4.69, 9.17) is 21.7 Å². The van der Waals surface area contributed by atoms with Gasteiger partial charge in [0.25, 0.3) is 11.8 Å². The van der Waals surface area contributed by atoms with Crippen LogP contribution in [0.2, 0.25) is 0 Å². The highest BCUT2D eigenvalue weighted by atomic mass is 32.1. The van der Waals surface area contributed by atoms with Crippen LogP contribution in [0.5, 0.6) is 11.5 Å². The smallest absolute Gasteiger partial charge is 0.270 e. The molecule has 1 heterocycles. The maximum Gasteiger partial charge on any atom is 0.270 e. The number of hydrogen-bond donors (Lipinski definition) is 1. The molecule has 0 aliphatic carbocycles. The normalized spacial score (nSPS) is 15.6. The van der Waals surface area contributed by atoms with Crippen LogP contribution < -0.4 is 19.7 Å². The summed E-state index contributed by atoms with van der Waals surface area (Å²) in [6.45, 7) is 3.81. The van der Waals surface area contributed by atoms with E-state index in [1.54, 1.807) is 18.2 Å². The van der Waals surface area contributed by atoms with Gasteiger partial charge in [0, 0.05) is 5.56 Å². The van der Waals surface area contributed by atoms with Gasteiger partial charge in [0.05, 0.1) is 19.9 Å². The quantitative estimate of drug-likeness (QED) is 0.489. The van der Waals surface area contributed by atoms with E-state index >= 15 is 0 Å². The number of para-hydroxylation sites is 1. The number of carbonyl (C=O) groups is 2. The van der Waals surface area contributed by atoms with Crippen LogP contribution in [0.15, 0.2) is 42.0 Å². The van der Waals surface area contributed by atoms with Gasteiger partial charge in [-0.3, -0.25) is 19.8 Å².